The summed E-state index contributed by atoms with van der Waals surface area (Å²) in [6.45, 7) is 2.78. The number of carbonyl (C=O) groups is 1. The van der Waals surface area contributed by atoms with E-state index in [9.17, 15) is 4.79 Å². The Morgan fingerprint density at radius 1 is 1.22 bits per heavy atom. The summed E-state index contributed by atoms with van der Waals surface area (Å²) in [5.74, 6) is 1.24. The molecule has 0 fully saturated rings. The van der Waals surface area contributed by atoms with Crippen molar-refractivity contribution in [2.45, 2.75) is 19.9 Å². The third kappa shape index (κ3) is 3.18. The van der Waals surface area contributed by atoms with Crippen molar-refractivity contribution in [3.8, 4) is 5.75 Å². The summed E-state index contributed by atoms with van der Waals surface area (Å²) in [5, 5.41) is 2.91. The number of aromatic nitrogens is 2. The average Bonchev–Trinajstić information content (AvgIpc) is 2.91. The normalized spacial score (nSPS) is 10.7. The minimum Gasteiger partial charge on any atom is -0.497 e. The Morgan fingerprint density at radius 3 is 2.83 bits per heavy atom. The van der Waals surface area contributed by atoms with E-state index in [-0.39, 0.29) is 12.3 Å². The molecule has 0 bridgehead atoms. The van der Waals surface area contributed by atoms with Crippen LogP contribution in [0.25, 0.3) is 11.0 Å². The van der Waals surface area contributed by atoms with Gasteiger partial charge in [0.2, 0.25) is 11.9 Å². The second-order valence-corrected chi connectivity index (χ2v) is 5.24. The van der Waals surface area contributed by atoms with Crippen molar-refractivity contribution in [1.82, 2.24) is 9.55 Å². The van der Waals surface area contributed by atoms with Crippen molar-refractivity contribution in [2.75, 3.05) is 12.4 Å². The first-order valence-electron chi connectivity index (χ1n) is 7.59. The summed E-state index contributed by atoms with van der Waals surface area (Å²) in [7, 11) is 1.61. The molecular formula is C18H19N3O2. The molecule has 23 heavy (non-hydrogen) atoms. The second-order valence-electron chi connectivity index (χ2n) is 5.24. The fourth-order valence-electron chi connectivity index (χ4n) is 2.63. The van der Waals surface area contributed by atoms with Crippen molar-refractivity contribution in [3.05, 3.63) is 54.1 Å². The molecule has 0 radical (unpaired) electrons. The highest BCUT2D eigenvalue weighted by atomic mass is 16.5. The standard InChI is InChI=1S/C18H19N3O2/c1-3-21-16-10-5-4-9-15(16)19-18(21)20-17(22)12-13-7-6-8-14(11-13)23-2/h4-11H,3,12H2,1-2H3,(H,19,20,22). The number of hydrogen-bond donors (Lipinski definition) is 1. The van der Waals surface area contributed by atoms with Crippen LogP contribution in [-0.2, 0) is 17.8 Å². The highest BCUT2D eigenvalue weighted by Gasteiger charge is 2.12. The van der Waals surface area contributed by atoms with E-state index in [1.54, 1.807) is 7.11 Å². The van der Waals surface area contributed by atoms with Gasteiger partial charge in [0.25, 0.3) is 0 Å². The Labute approximate surface area is 134 Å². The molecule has 0 atom stereocenters. The van der Waals surface area contributed by atoms with Crippen LogP contribution in [0.15, 0.2) is 48.5 Å². The van der Waals surface area contributed by atoms with E-state index < -0.39 is 0 Å². The number of anilines is 1. The zero-order valence-electron chi connectivity index (χ0n) is 13.2. The third-order valence-corrected chi connectivity index (χ3v) is 3.72. The van der Waals surface area contributed by atoms with Crippen LogP contribution in [0.2, 0.25) is 0 Å². The van der Waals surface area contributed by atoms with Crippen LogP contribution >= 0.6 is 0 Å². The van der Waals surface area contributed by atoms with Gasteiger partial charge in [0.05, 0.1) is 24.6 Å². The van der Waals surface area contributed by atoms with Gasteiger partial charge in [-0.25, -0.2) is 4.98 Å². The van der Waals surface area contributed by atoms with E-state index >= 15 is 0 Å². The Bertz CT molecular complexity index is 839. The fourth-order valence-corrected chi connectivity index (χ4v) is 2.63. The van der Waals surface area contributed by atoms with Gasteiger partial charge in [0.15, 0.2) is 0 Å². The summed E-state index contributed by atoms with van der Waals surface area (Å²) in [6.07, 6.45) is 0.282. The molecule has 0 aliphatic carbocycles. The van der Waals surface area contributed by atoms with Crippen molar-refractivity contribution >= 4 is 22.9 Å². The number of nitrogens with zero attached hydrogens (tertiary/aromatic N) is 2. The van der Waals surface area contributed by atoms with E-state index in [1.807, 2.05) is 60.0 Å². The molecule has 5 nitrogen and oxygen atoms in total. The highest BCUT2D eigenvalue weighted by molar-refractivity contribution is 5.92. The highest BCUT2D eigenvalue weighted by Crippen LogP contribution is 2.20. The lowest BCUT2D eigenvalue weighted by molar-refractivity contribution is -0.115. The SMILES string of the molecule is CCn1c(NC(=O)Cc2cccc(OC)c2)nc2ccccc21. The zero-order valence-corrected chi connectivity index (χ0v) is 13.2. The summed E-state index contributed by atoms with van der Waals surface area (Å²) >= 11 is 0. The number of hydrogen-bond acceptors (Lipinski definition) is 3. The van der Waals surface area contributed by atoms with Crippen LogP contribution < -0.4 is 10.1 Å². The fraction of sp³-hybridized carbons (Fsp3) is 0.222. The monoisotopic (exact) mass is 309 g/mol. The number of rotatable bonds is 5. The Balaban J connectivity index is 1.80. The maximum absolute atomic E-state index is 12.3. The predicted molar refractivity (Wildman–Crippen MR) is 90.7 cm³/mol. The van der Waals surface area contributed by atoms with E-state index in [1.165, 1.54) is 0 Å². The molecule has 0 spiro atoms. The Morgan fingerprint density at radius 2 is 2.04 bits per heavy atom. The van der Waals surface area contributed by atoms with Crippen LogP contribution in [0.5, 0.6) is 5.75 Å². The molecule has 1 N–H and O–H groups in total. The minimum absolute atomic E-state index is 0.0942. The van der Waals surface area contributed by atoms with Crippen LogP contribution in [0, 0.1) is 0 Å². The molecule has 5 heteroatoms. The molecule has 1 amide bonds. The van der Waals surface area contributed by atoms with Gasteiger partial charge in [-0.15, -0.1) is 0 Å². The number of amides is 1. The number of ether oxygens (including phenoxy) is 1. The number of benzene rings is 2. The predicted octanol–water partition coefficient (Wildman–Crippen LogP) is 3.25. The zero-order chi connectivity index (χ0) is 16.2. The first kappa shape index (κ1) is 15.1. The van der Waals surface area contributed by atoms with Crippen molar-refractivity contribution in [2.24, 2.45) is 0 Å². The van der Waals surface area contributed by atoms with Gasteiger partial charge in [-0.2, -0.15) is 0 Å². The number of carbonyl (C=O) groups excluding carboxylic acids is 1. The van der Waals surface area contributed by atoms with Gasteiger partial charge in [-0.1, -0.05) is 24.3 Å². The molecule has 0 aliphatic heterocycles. The van der Waals surface area contributed by atoms with Crippen LogP contribution in [-0.4, -0.2) is 22.6 Å². The lowest BCUT2D eigenvalue weighted by Crippen LogP contribution is -2.17. The molecule has 1 heterocycles. The number of methoxy groups -OCH3 is 1. The van der Waals surface area contributed by atoms with Gasteiger partial charge >= 0.3 is 0 Å². The smallest absolute Gasteiger partial charge is 0.231 e. The average molecular weight is 309 g/mol. The third-order valence-electron chi connectivity index (χ3n) is 3.72. The van der Waals surface area contributed by atoms with Gasteiger partial charge < -0.3 is 9.30 Å². The number of fused-ring (bicyclic) bond motifs is 1. The molecule has 0 unspecified atom stereocenters. The van der Waals surface area contributed by atoms with Gasteiger partial charge in [0.1, 0.15) is 5.75 Å². The van der Waals surface area contributed by atoms with E-state index in [0.29, 0.717) is 5.95 Å². The second kappa shape index (κ2) is 6.52. The van der Waals surface area contributed by atoms with Crippen molar-refractivity contribution in [1.29, 1.82) is 0 Å². The van der Waals surface area contributed by atoms with Gasteiger partial charge in [-0.3, -0.25) is 10.1 Å². The quantitative estimate of drug-likeness (QED) is 0.787. The molecule has 118 valence electrons. The van der Waals surface area contributed by atoms with E-state index in [2.05, 4.69) is 10.3 Å². The van der Waals surface area contributed by atoms with Crippen molar-refractivity contribution in [3.63, 3.8) is 0 Å². The summed E-state index contributed by atoms with van der Waals surface area (Å²) in [6, 6.07) is 15.4. The first-order valence-corrected chi connectivity index (χ1v) is 7.59. The molecule has 3 aromatic rings. The number of imidazole rings is 1. The molecule has 0 aliphatic rings. The van der Waals surface area contributed by atoms with Crippen LogP contribution in [0.1, 0.15) is 12.5 Å². The molecule has 1 aromatic heterocycles. The number of aryl methyl sites for hydroxylation is 1. The van der Waals surface area contributed by atoms with Gasteiger partial charge in [-0.05, 0) is 36.8 Å². The maximum atomic E-state index is 12.3. The molecule has 3 rings (SSSR count). The van der Waals surface area contributed by atoms with Crippen LogP contribution in [0.4, 0.5) is 5.95 Å². The lowest BCUT2D eigenvalue weighted by Gasteiger charge is -2.08. The molecule has 2 aromatic carbocycles. The van der Waals surface area contributed by atoms with Crippen molar-refractivity contribution < 1.29 is 9.53 Å². The largest absolute Gasteiger partial charge is 0.497 e. The molecule has 0 saturated heterocycles. The van der Waals surface area contributed by atoms with Crippen LogP contribution in [0.3, 0.4) is 0 Å². The molecule has 0 saturated carbocycles. The van der Waals surface area contributed by atoms with E-state index in [0.717, 1.165) is 28.9 Å². The Kier molecular flexibility index (Phi) is 4.28. The molecular weight excluding hydrogens is 290 g/mol. The summed E-state index contributed by atoms with van der Waals surface area (Å²) < 4.78 is 7.18. The summed E-state index contributed by atoms with van der Waals surface area (Å²) in [4.78, 5) is 16.8. The summed E-state index contributed by atoms with van der Waals surface area (Å²) in [5.41, 5.74) is 2.80. The topological polar surface area (TPSA) is 56.2 Å². The number of para-hydroxylation sites is 2. The Hall–Kier alpha value is -2.82. The maximum Gasteiger partial charge on any atom is 0.231 e. The first-order chi connectivity index (χ1) is 11.2. The lowest BCUT2D eigenvalue weighted by atomic mass is 10.1. The van der Waals surface area contributed by atoms with Gasteiger partial charge in [0, 0.05) is 6.54 Å². The number of nitrogens with one attached hydrogen (secondary N) is 1. The minimum atomic E-state index is -0.0942. The van der Waals surface area contributed by atoms with E-state index in [4.69, 9.17) is 4.74 Å².